The Morgan fingerprint density at radius 1 is 1.19 bits per heavy atom. The van der Waals surface area contributed by atoms with E-state index in [9.17, 15) is 4.79 Å². The Hall–Kier alpha value is -1.95. The Balaban J connectivity index is 0.00000182. The van der Waals surface area contributed by atoms with Crippen molar-refractivity contribution < 1.29 is 9.53 Å². The third kappa shape index (κ3) is 6.03. The highest BCUT2D eigenvalue weighted by atomic mass is 35.5. The van der Waals surface area contributed by atoms with Crippen molar-refractivity contribution in [2.45, 2.75) is 31.7 Å². The Morgan fingerprint density at radius 2 is 1.93 bits per heavy atom. The number of nitrogens with one attached hydrogen (secondary N) is 1. The number of hydrazine groups is 1. The monoisotopic (exact) mass is 411 g/mol. The third-order valence-electron chi connectivity index (χ3n) is 4.66. The smallest absolute Gasteiger partial charge is 0.269 e. The average Bonchev–Trinajstić information content (AvgIpc) is 2.64. The molecule has 0 spiro atoms. The van der Waals surface area contributed by atoms with Crippen molar-refractivity contribution >= 4 is 36.4 Å². The Bertz CT molecular complexity index is 728. The number of ether oxygens (including phenoxy) is 1. The molecule has 1 heterocycles. The van der Waals surface area contributed by atoms with E-state index in [2.05, 4.69) is 34.7 Å². The summed E-state index contributed by atoms with van der Waals surface area (Å²) in [5.41, 5.74) is 11.2. The standard InChI is InChI=1S/C20H25N3O2.2ClH/c1-25-19-14-16(21)10-11-18(19)20(24)22-23-12-6-5-9-17(23)13-15-7-3-2-4-8-15;;/h2-4,7-8,10-11,14,17H,5-6,9,12-13,21H2,1H3,(H,22,24);2*1H. The molecule has 1 saturated heterocycles. The summed E-state index contributed by atoms with van der Waals surface area (Å²) < 4.78 is 5.30. The number of amides is 1. The number of carbonyl (C=O) groups excluding carboxylic acids is 1. The number of carbonyl (C=O) groups is 1. The van der Waals surface area contributed by atoms with Gasteiger partial charge < -0.3 is 10.5 Å². The number of methoxy groups -OCH3 is 1. The summed E-state index contributed by atoms with van der Waals surface area (Å²) >= 11 is 0. The molecule has 27 heavy (non-hydrogen) atoms. The molecule has 1 unspecified atom stereocenters. The van der Waals surface area contributed by atoms with E-state index in [4.69, 9.17) is 10.5 Å². The van der Waals surface area contributed by atoms with Crippen LogP contribution in [0.5, 0.6) is 5.75 Å². The summed E-state index contributed by atoms with van der Waals surface area (Å²) in [5.74, 6) is 0.339. The first-order chi connectivity index (χ1) is 12.2. The van der Waals surface area contributed by atoms with Crippen LogP contribution in [0.3, 0.4) is 0 Å². The Labute approximate surface area is 173 Å². The molecule has 5 nitrogen and oxygen atoms in total. The minimum atomic E-state index is -0.156. The molecule has 1 fully saturated rings. The minimum absolute atomic E-state index is 0. The van der Waals surface area contributed by atoms with Gasteiger partial charge in [-0.2, -0.15) is 0 Å². The van der Waals surface area contributed by atoms with Crippen LogP contribution in [-0.4, -0.2) is 30.6 Å². The second-order valence-electron chi connectivity index (χ2n) is 6.43. The summed E-state index contributed by atoms with van der Waals surface area (Å²) in [7, 11) is 1.55. The lowest BCUT2D eigenvalue weighted by molar-refractivity contribution is 0.0571. The average molecular weight is 412 g/mol. The van der Waals surface area contributed by atoms with Crippen LogP contribution in [0.2, 0.25) is 0 Å². The van der Waals surface area contributed by atoms with Gasteiger partial charge in [-0.05, 0) is 37.0 Å². The largest absolute Gasteiger partial charge is 0.496 e. The van der Waals surface area contributed by atoms with Crippen molar-refractivity contribution in [3.63, 3.8) is 0 Å². The SMILES string of the molecule is COc1cc(N)ccc1C(=O)NN1CCCCC1Cc1ccccc1.Cl.Cl. The fourth-order valence-corrected chi connectivity index (χ4v) is 3.33. The van der Waals surface area contributed by atoms with E-state index in [1.165, 1.54) is 12.0 Å². The topological polar surface area (TPSA) is 67.6 Å². The van der Waals surface area contributed by atoms with Crippen molar-refractivity contribution in [3.05, 3.63) is 59.7 Å². The quantitative estimate of drug-likeness (QED) is 0.732. The predicted octanol–water partition coefficient (Wildman–Crippen LogP) is 3.86. The maximum atomic E-state index is 12.7. The maximum absolute atomic E-state index is 12.7. The molecule has 0 bridgehead atoms. The number of anilines is 1. The van der Waals surface area contributed by atoms with E-state index in [1.54, 1.807) is 25.3 Å². The molecule has 0 radical (unpaired) electrons. The molecule has 1 aliphatic heterocycles. The van der Waals surface area contributed by atoms with Crippen molar-refractivity contribution in [3.8, 4) is 5.75 Å². The van der Waals surface area contributed by atoms with E-state index in [-0.39, 0.29) is 30.7 Å². The number of nitrogens with zero attached hydrogens (tertiary/aromatic N) is 1. The zero-order chi connectivity index (χ0) is 17.6. The van der Waals surface area contributed by atoms with Crippen molar-refractivity contribution in [2.75, 3.05) is 19.4 Å². The van der Waals surface area contributed by atoms with Crippen LogP contribution < -0.4 is 15.9 Å². The van der Waals surface area contributed by atoms with Gasteiger partial charge in [0.1, 0.15) is 5.75 Å². The fourth-order valence-electron chi connectivity index (χ4n) is 3.33. The number of benzene rings is 2. The van der Waals surface area contributed by atoms with Crippen LogP contribution in [-0.2, 0) is 6.42 Å². The summed E-state index contributed by atoms with van der Waals surface area (Å²) in [4.78, 5) is 12.7. The number of hydrogen-bond acceptors (Lipinski definition) is 4. The number of piperidine rings is 1. The Kier molecular flexibility index (Phi) is 9.43. The van der Waals surface area contributed by atoms with Gasteiger partial charge in [0.25, 0.3) is 5.91 Å². The van der Waals surface area contributed by atoms with Gasteiger partial charge in [-0.15, -0.1) is 24.8 Å². The van der Waals surface area contributed by atoms with Crippen LogP contribution in [0.25, 0.3) is 0 Å². The maximum Gasteiger partial charge on any atom is 0.269 e. The Morgan fingerprint density at radius 3 is 2.63 bits per heavy atom. The molecule has 1 atom stereocenters. The molecule has 1 aliphatic rings. The first-order valence-electron chi connectivity index (χ1n) is 8.72. The van der Waals surface area contributed by atoms with Gasteiger partial charge in [0.2, 0.25) is 0 Å². The molecule has 2 aromatic carbocycles. The van der Waals surface area contributed by atoms with Gasteiger partial charge >= 0.3 is 0 Å². The predicted molar refractivity (Wildman–Crippen MR) is 114 cm³/mol. The molecule has 2 aromatic rings. The zero-order valence-corrected chi connectivity index (χ0v) is 17.0. The summed E-state index contributed by atoms with van der Waals surface area (Å²) in [6, 6.07) is 15.8. The highest BCUT2D eigenvalue weighted by molar-refractivity contribution is 5.97. The van der Waals surface area contributed by atoms with Gasteiger partial charge in [0.05, 0.1) is 12.7 Å². The lowest BCUT2D eigenvalue weighted by Crippen LogP contribution is -2.51. The van der Waals surface area contributed by atoms with Crippen LogP contribution in [0.1, 0.15) is 35.2 Å². The number of hydrogen-bond donors (Lipinski definition) is 2. The van der Waals surface area contributed by atoms with E-state index >= 15 is 0 Å². The normalized spacial score (nSPS) is 16.6. The molecule has 7 heteroatoms. The van der Waals surface area contributed by atoms with Gasteiger partial charge in [0, 0.05) is 24.3 Å². The van der Waals surface area contributed by atoms with Crippen LogP contribution in [0, 0.1) is 0 Å². The fraction of sp³-hybridized carbons (Fsp3) is 0.350. The number of nitrogens with two attached hydrogens (primary N) is 1. The zero-order valence-electron chi connectivity index (χ0n) is 15.4. The molecule has 3 rings (SSSR count). The second kappa shape index (κ2) is 11.0. The van der Waals surface area contributed by atoms with Crippen molar-refractivity contribution in [1.29, 1.82) is 0 Å². The summed E-state index contributed by atoms with van der Waals surface area (Å²) in [5, 5.41) is 2.08. The highest BCUT2D eigenvalue weighted by Gasteiger charge is 2.25. The first-order valence-corrected chi connectivity index (χ1v) is 8.72. The first kappa shape index (κ1) is 23.1. The second-order valence-corrected chi connectivity index (χ2v) is 6.43. The lowest BCUT2D eigenvalue weighted by atomic mass is 9.97. The third-order valence-corrected chi connectivity index (χ3v) is 4.66. The molecule has 0 saturated carbocycles. The van der Waals surface area contributed by atoms with Gasteiger partial charge in [-0.1, -0.05) is 36.8 Å². The number of nitrogen functional groups attached to an aromatic ring is 1. The summed E-state index contributed by atoms with van der Waals surface area (Å²) in [6.45, 7) is 0.862. The molecule has 1 amide bonds. The van der Waals surface area contributed by atoms with Crippen molar-refractivity contribution in [1.82, 2.24) is 10.4 Å². The summed E-state index contributed by atoms with van der Waals surface area (Å²) in [6.07, 6.45) is 4.29. The highest BCUT2D eigenvalue weighted by Crippen LogP contribution is 2.23. The van der Waals surface area contributed by atoms with E-state index < -0.39 is 0 Å². The van der Waals surface area contributed by atoms with Gasteiger partial charge in [-0.3, -0.25) is 10.2 Å². The van der Waals surface area contributed by atoms with Crippen molar-refractivity contribution in [2.24, 2.45) is 0 Å². The molecule has 148 valence electrons. The molecule has 0 aromatic heterocycles. The number of rotatable bonds is 5. The van der Waals surface area contributed by atoms with E-state index in [1.807, 2.05) is 6.07 Å². The molecular formula is C20H27Cl2N3O2. The van der Waals surface area contributed by atoms with E-state index in [0.29, 0.717) is 23.0 Å². The molecule has 3 N–H and O–H groups in total. The minimum Gasteiger partial charge on any atom is -0.496 e. The van der Waals surface area contributed by atoms with E-state index in [0.717, 1.165) is 25.8 Å². The number of halogens is 2. The van der Waals surface area contributed by atoms with Gasteiger partial charge in [0.15, 0.2) is 0 Å². The lowest BCUT2D eigenvalue weighted by Gasteiger charge is -2.36. The van der Waals surface area contributed by atoms with Gasteiger partial charge in [-0.25, -0.2) is 5.01 Å². The van der Waals surface area contributed by atoms with Crippen LogP contribution in [0.4, 0.5) is 5.69 Å². The molecule has 0 aliphatic carbocycles. The van der Waals surface area contributed by atoms with Crippen LogP contribution >= 0.6 is 24.8 Å². The molecular weight excluding hydrogens is 385 g/mol. The van der Waals surface area contributed by atoms with Crippen LogP contribution in [0.15, 0.2) is 48.5 Å².